The highest BCUT2D eigenvalue weighted by Crippen LogP contribution is 2.25. The molecule has 0 unspecified atom stereocenters. The fraction of sp³-hybridized carbons (Fsp3) is 0.429. The Morgan fingerprint density at radius 3 is 2.12 bits per heavy atom. The van der Waals surface area contributed by atoms with Gasteiger partial charge in [0.1, 0.15) is 0 Å². The van der Waals surface area contributed by atoms with Crippen molar-refractivity contribution in [1.29, 1.82) is 0 Å². The standard InChI is InChI=1S/C14H19NO2/c1-10(16)12-7-6-8-13(9-12)15(11(2)17)14(3,4)5/h6-9H,1-5H3. The zero-order valence-corrected chi connectivity index (χ0v) is 11.1. The molecule has 1 amide bonds. The highest BCUT2D eigenvalue weighted by atomic mass is 16.2. The molecule has 0 heterocycles. The summed E-state index contributed by atoms with van der Waals surface area (Å²) in [6.07, 6.45) is 0. The zero-order valence-electron chi connectivity index (χ0n) is 11.1. The van der Waals surface area contributed by atoms with E-state index in [4.69, 9.17) is 0 Å². The molecule has 0 saturated carbocycles. The van der Waals surface area contributed by atoms with Crippen LogP contribution in [0.2, 0.25) is 0 Å². The number of nitrogens with zero attached hydrogens (tertiary/aromatic N) is 1. The highest BCUT2D eigenvalue weighted by Gasteiger charge is 2.25. The van der Waals surface area contributed by atoms with Crippen molar-refractivity contribution in [3.63, 3.8) is 0 Å². The Morgan fingerprint density at radius 1 is 1.12 bits per heavy atom. The van der Waals surface area contributed by atoms with Crippen LogP contribution >= 0.6 is 0 Å². The van der Waals surface area contributed by atoms with Gasteiger partial charge in [-0.25, -0.2) is 0 Å². The lowest BCUT2D eigenvalue weighted by Crippen LogP contribution is -2.44. The van der Waals surface area contributed by atoms with Gasteiger partial charge in [-0.1, -0.05) is 12.1 Å². The molecule has 1 aromatic rings. The first-order valence-corrected chi connectivity index (χ1v) is 5.65. The van der Waals surface area contributed by atoms with Crippen LogP contribution in [0.4, 0.5) is 5.69 Å². The first-order valence-electron chi connectivity index (χ1n) is 5.65. The Labute approximate surface area is 102 Å². The Kier molecular flexibility index (Phi) is 3.71. The van der Waals surface area contributed by atoms with Crippen LogP contribution in [-0.4, -0.2) is 17.2 Å². The summed E-state index contributed by atoms with van der Waals surface area (Å²) in [4.78, 5) is 24.7. The smallest absolute Gasteiger partial charge is 0.224 e. The van der Waals surface area contributed by atoms with Crippen molar-refractivity contribution in [2.45, 2.75) is 40.2 Å². The van der Waals surface area contributed by atoms with E-state index in [1.54, 1.807) is 23.1 Å². The number of amides is 1. The second kappa shape index (κ2) is 4.70. The highest BCUT2D eigenvalue weighted by molar-refractivity contribution is 5.97. The first kappa shape index (κ1) is 13.4. The molecule has 0 fully saturated rings. The third-order valence-corrected chi connectivity index (χ3v) is 2.50. The molecule has 1 aromatic carbocycles. The van der Waals surface area contributed by atoms with Crippen molar-refractivity contribution in [2.24, 2.45) is 0 Å². The number of anilines is 1. The summed E-state index contributed by atoms with van der Waals surface area (Å²) < 4.78 is 0. The average Bonchev–Trinajstić information content (AvgIpc) is 2.15. The van der Waals surface area contributed by atoms with Gasteiger partial charge in [0.15, 0.2) is 5.78 Å². The van der Waals surface area contributed by atoms with E-state index in [2.05, 4.69) is 0 Å². The third-order valence-electron chi connectivity index (χ3n) is 2.50. The molecule has 0 radical (unpaired) electrons. The van der Waals surface area contributed by atoms with Crippen LogP contribution in [0.3, 0.4) is 0 Å². The first-order chi connectivity index (χ1) is 7.73. The normalized spacial score (nSPS) is 11.1. The summed E-state index contributed by atoms with van der Waals surface area (Å²) in [6, 6.07) is 7.16. The maximum atomic E-state index is 11.7. The molecule has 0 saturated heterocycles. The Balaban J connectivity index is 3.25. The number of Topliss-reactive ketones (excluding diaryl/α,β-unsaturated/α-hetero) is 1. The second-order valence-corrected chi connectivity index (χ2v) is 5.13. The number of rotatable bonds is 2. The van der Waals surface area contributed by atoms with E-state index >= 15 is 0 Å². The predicted molar refractivity (Wildman–Crippen MR) is 69.4 cm³/mol. The number of carbonyl (C=O) groups excluding carboxylic acids is 2. The van der Waals surface area contributed by atoms with Crippen molar-refractivity contribution < 1.29 is 9.59 Å². The van der Waals surface area contributed by atoms with E-state index in [0.717, 1.165) is 5.69 Å². The molecule has 17 heavy (non-hydrogen) atoms. The van der Waals surface area contributed by atoms with Crippen LogP contribution in [-0.2, 0) is 4.79 Å². The molecule has 92 valence electrons. The van der Waals surface area contributed by atoms with E-state index in [9.17, 15) is 9.59 Å². The van der Waals surface area contributed by atoms with Gasteiger partial charge in [0.2, 0.25) is 5.91 Å². The number of hydrogen-bond donors (Lipinski definition) is 0. The van der Waals surface area contributed by atoms with Gasteiger partial charge >= 0.3 is 0 Å². The molecule has 0 aromatic heterocycles. The summed E-state index contributed by atoms with van der Waals surface area (Å²) >= 11 is 0. The summed E-state index contributed by atoms with van der Waals surface area (Å²) in [6.45, 7) is 8.96. The van der Waals surface area contributed by atoms with Gasteiger partial charge in [-0.2, -0.15) is 0 Å². The zero-order chi connectivity index (χ0) is 13.2. The monoisotopic (exact) mass is 233 g/mol. The minimum Gasteiger partial charge on any atom is -0.307 e. The molecular weight excluding hydrogens is 214 g/mol. The van der Waals surface area contributed by atoms with Crippen LogP contribution in [0.25, 0.3) is 0 Å². The van der Waals surface area contributed by atoms with Gasteiger partial charge in [-0.15, -0.1) is 0 Å². The van der Waals surface area contributed by atoms with Gasteiger partial charge in [-0.05, 0) is 39.8 Å². The third kappa shape index (κ3) is 3.16. The summed E-state index contributed by atoms with van der Waals surface area (Å²) in [5.74, 6) is -0.0255. The maximum absolute atomic E-state index is 11.7. The van der Waals surface area contributed by atoms with Gasteiger partial charge in [0.05, 0.1) is 0 Å². The van der Waals surface area contributed by atoms with Crippen LogP contribution in [0.1, 0.15) is 45.0 Å². The van der Waals surface area contributed by atoms with E-state index in [0.29, 0.717) is 5.56 Å². The number of carbonyl (C=O) groups is 2. The topological polar surface area (TPSA) is 37.4 Å². The minimum atomic E-state index is -0.304. The number of benzene rings is 1. The molecule has 0 spiro atoms. The lowest BCUT2D eigenvalue weighted by molar-refractivity contribution is -0.117. The summed E-state index contributed by atoms with van der Waals surface area (Å²) in [5, 5.41) is 0. The molecule has 0 N–H and O–H groups in total. The lowest BCUT2D eigenvalue weighted by atomic mass is 10.0. The van der Waals surface area contributed by atoms with Crippen LogP contribution in [0.15, 0.2) is 24.3 Å². The number of hydrogen-bond acceptors (Lipinski definition) is 2. The Morgan fingerprint density at radius 2 is 1.71 bits per heavy atom. The van der Waals surface area contributed by atoms with Crippen molar-refractivity contribution in [3.05, 3.63) is 29.8 Å². The molecule has 0 aliphatic carbocycles. The van der Waals surface area contributed by atoms with Gasteiger partial charge in [0, 0.05) is 23.7 Å². The van der Waals surface area contributed by atoms with Gasteiger partial charge in [0.25, 0.3) is 0 Å². The molecule has 1 rings (SSSR count). The minimum absolute atomic E-state index is 0.00395. The van der Waals surface area contributed by atoms with Crippen LogP contribution in [0.5, 0.6) is 0 Å². The maximum Gasteiger partial charge on any atom is 0.224 e. The van der Waals surface area contributed by atoms with Crippen molar-refractivity contribution >= 4 is 17.4 Å². The second-order valence-electron chi connectivity index (χ2n) is 5.13. The quantitative estimate of drug-likeness (QED) is 0.736. The van der Waals surface area contributed by atoms with Crippen LogP contribution < -0.4 is 4.90 Å². The van der Waals surface area contributed by atoms with Crippen molar-refractivity contribution in [1.82, 2.24) is 0 Å². The SMILES string of the molecule is CC(=O)c1cccc(N(C(C)=O)C(C)(C)C)c1. The van der Waals surface area contributed by atoms with Gasteiger partial charge in [-0.3, -0.25) is 9.59 Å². The summed E-state index contributed by atoms with van der Waals surface area (Å²) in [7, 11) is 0. The Hall–Kier alpha value is -1.64. The van der Waals surface area contributed by atoms with Crippen LogP contribution in [0, 0.1) is 0 Å². The number of ketones is 1. The molecule has 0 aliphatic rings. The van der Waals surface area contributed by atoms with Crippen molar-refractivity contribution in [3.8, 4) is 0 Å². The van der Waals surface area contributed by atoms with E-state index < -0.39 is 0 Å². The molecule has 0 bridgehead atoms. The average molecular weight is 233 g/mol. The van der Waals surface area contributed by atoms with Crippen molar-refractivity contribution in [2.75, 3.05) is 4.90 Å². The molecule has 3 nitrogen and oxygen atoms in total. The molecule has 0 atom stereocenters. The van der Waals surface area contributed by atoms with E-state index in [-0.39, 0.29) is 17.2 Å². The molecule has 0 aliphatic heterocycles. The predicted octanol–water partition coefficient (Wildman–Crippen LogP) is 3.04. The molecular formula is C14H19NO2. The van der Waals surface area contributed by atoms with Gasteiger partial charge < -0.3 is 4.90 Å². The fourth-order valence-electron chi connectivity index (χ4n) is 1.91. The summed E-state index contributed by atoms with van der Waals surface area (Å²) in [5.41, 5.74) is 1.08. The van der Waals surface area contributed by atoms with E-state index in [1.165, 1.54) is 13.8 Å². The lowest BCUT2D eigenvalue weighted by Gasteiger charge is -2.35. The largest absolute Gasteiger partial charge is 0.307 e. The van der Waals surface area contributed by atoms with E-state index in [1.807, 2.05) is 26.8 Å². The fourth-order valence-corrected chi connectivity index (χ4v) is 1.91. The Bertz CT molecular complexity index is 444. The molecule has 3 heteroatoms.